The normalized spacial score (nSPS) is 12.2. The molecular formula is C9H8BrFO2. The minimum Gasteiger partial charge on any atom is -0.249 e. The van der Waals surface area contributed by atoms with Crippen molar-refractivity contribution in [2.75, 3.05) is 0 Å². The lowest BCUT2D eigenvalue weighted by atomic mass is 10.1. The number of carbonyl (C=O) groups is 1. The highest BCUT2D eigenvalue weighted by atomic mass is 79.9. The molecule has 0 N–H and O–H groups in total. The van der Waals surface area contributed by atoms with E-state index in [2.05, 4.69) is 20.9 Å². The zero-order chi connectivity index (χ0) is 9.84. The van der Waals surface area contributed by atoms with Gasteiger partial charge in [0.05, 0.1) is 5.56 Å². The monoisotopic (exact) mass is 246 g/mol. The molecule has 0 saturated heterocycles. The van der Waals surface area contributed by atoms with Gasteiger partial charge in [0, 0.05) is 9.35 Å². The Bertz CT molecular complexity index is 312. The summed E-state index contributed by atoms with van der Waals surface area (Å²) in [7, 11) is 0. The molecule has 1 rings (SSSR count). The van der Waals surface area contributed by atoms with Crippen LogP contribution in [0, 0.1) is 0 Å². The maximum Gasteiger partial charge on any atom is 0.379 e. The Morgan fingerprint density at radius 1 is 1.62 bits per heavy atom. The van der Waals surface area contributed by atoms with Gasteiger partial charge < -0.3 is 0 Å². The van der Waals surface area contributed by atoms with Gasteiger partial charge in [-0.15, -0.1) is 0 Å². The molecule has 1 aromatic rings. The van der Waals surface area contributed by atoms with Gasteiger partial charge in [-0.2, -0.15) is 0 Å². The average molecular weight is 247 g/mol. The minimum absolute atomic E-state index is 0.125. The second kappa shape index (κ2) is 4.37. The van der Waals surface area contributed by atoms with Crippen LogP contribution < -0.4 is 0 Å². The third kappa shape index (κ3) is 2.52. The lowest BCUT2D eigenvalue weighted by Gasteiger charge is -2.03. The summed E-state index contributed by atoms with van der Waals surface area (Å²) in [6, 6.07) is 6.61. The Balaban J connectivity index is 2.98. The Morgan fingerprint density at radius 3 is 2.85 bits per heavy atom. The number of hydrogen-bond acceptors (Lipinski definition) is 2. The molecule has 0 radical (unpaired) electrons. The first kappa shape index (κ1) is 10.2. The second-order valence-corrected chi connectivity index (χ2v) is 3.98. The van der Waals surface area contributed by atoms with Crippen molar-refractivity contribution >= 4 is 21.9 Å². The molecule has 0 saturated carbocycles. The maximum absolute atomic E-state index is 11.5. The van der Waals surface area contributed by atoms with E-state index in [1.165, 1.54) is 6.07 Å². The molecule has 0 bridgehead atoms. The highest BCUT2D eigenvalue weighted by Gasteiger charge is 2.09. The average Bonchev–Trinajstić information content (AvgIpc) is 2.17. The van der Waals surface area contributed by atoms with E-state index in [1.54, 1.807) is 12.1 Å². The Kier molecular flexibility index (Phi) is 3.42. The minimum atomic E-state index is -0.963. The third-order valence-electron chi connectivity index (χ3n) is 1.65. The van der Waals surface area contributed by atoms with Crippen LogP contribution in [0.25, 0.3) is 0 Å². The molecule has 0 aliphatic rings. The summed E-state index contributed by atoms with van der Waals surface area (Å²) in [6.07, 6.45) is 0. The van der Waals surface area contributed by atoms with Gasteiger partial charge in [-0.3, -0.25) is 0 Å². The van der Waals surface area contributed by atoms with Gasteiger partial charge in [0.25, 0.3) is 0 Å². The molecule has 0 aliphatic heterocycles. The van der Waals surface area contributed by atoms with E-state index < -0.39 is 5.97 Å². The van der Waals surface area contributed by atoms with E-state index >= 15 is 0 Å². The van der Waals surface area contributed by atoms with Gasteiger partial charge in [-0.1, -0.05) is 28.1 Å². The summed E-state index contributed by atoms with van der Waals surface area (Å²) in [5.74, 6) is -0.963. The molecule has 0 amide bonds. The number of alkyl halides is 1. The highest BCUT2D eigenvalue weighted by Crippen LogP contribution is 2.22. The number of halogens is 2. The van der Waals surface area contributed by atoms with Crippen LogP contribution >= 0.6 is 15.9 Å². The van der Waals surface area contributed by atoms with Crippen molar-refractivity contribution in [3.8, 4) is 0 Å². The quantitative estimate of drug-likeness (QED) is 0.750. The second-order valence-electron chi connectivity index (χ2n) is 2.61. The predicted molar refractivity (Wildman–Crippen MR) is 50.3 cm³/mol. The number of benzene rings is 1. The van der Waals surface area contributed by atoms with Crippen LogP contribution in [-0.4, -0.2) is 5.97 Å². The lowest BCUT2D eigenvalue weighted by molar-refractivity contribution is -0.0788. The fraction of sp³-hybridized carbons (Fsp3) is 0.222. The van der Waals surface area contributed by atoms with Crippen LogP contribution in [-0.2, 0) is 4.94 Å². The van der Waals surface area contributed by atoms with Crippen LogP contribution in [0.3, 0.4) is 0 Å². The van der Waals surface area contributed by atoms with E-state index in [0.29, 0.717) is 0 Å². The lowest BCUT2D eigenvalue weighted by Crippen LogP contribution is -1.99. The fourth-order valence-electron chi connectivity index (χ4n) is 0.958. The largest absolute Gasteiger partial charge is 0.379 e. The molecule has 0 aliphatic carbocycles. The van der Waals surface area contributed by atoms with Crippen molar-refractivity contribution in [1.82, 2.24) is 0 Å². The molecule has 1 atom stereocenters. The smallest absolute Gasteiger partial charge is 0.249 e. The van der Waals surface area contributed by atoms with E-state index in [0.717, 1.165) is 5.56 Å². The molecule has 4 heteroatoms. The van der Waals surface area contributed by atoms with Gasteiger partial charge in [0.2, 0.25) is 0 Å². The maximum atomic E-state index is 11.5. The van der Waals surface area contributed by atoms with Crippen molar-refractivity contribution in [2.45, 2.75) is 11.8 Å². The van der Waals surface area contributed by atoms with Crippen molar-refractivity contribution in [2.24, 2.45) is 0 Å². The summed E-state index contributed by atoms with van der Waals surface area (Å²) in [6.45, 7) is 1.92. The Hall–Kier alpha value is -0.900. The zero-order valence-corrected chi connectivity index (χ0v) is 8.55. The van der Waals surface area contributed by atoms with Gasteiger partial charge >= 0.3 is 5.97 Å². The van der Waals surface area contributed by atoms with E-state index in [9.17, 15) is 9.32 Å². The first-order chi connectivity index (χ1) is 6.15. The van der Waals surface area contributed by atoms with Crippen LogP contribution in [0.4, 0.5) is 4.53 Å². The Morgan fingerprint density at radius 2 is 2.31 bits per heavy atom. The summed E-state index contributed by atoms with van der Waals surface area (Å²) in [4.78, 5) is 14.0. The zero-order valence-electron chi connectivity index (χ0n) is 6.96. The molecule has 0 aromatic heterocycles. The first-order valence-corrected chi connectivity index (χ1v) is 4.63. The summed E-state index contributed by atoms with van der Waals surface area (Å²) in [5, 5.41) is 0. The SMILES string of the molecule is CC(Br)c1cccc(C(=O)OF)c1. The summed E-state index contributed by atoms with van der Waals surface area (Å²) in [5.41, 5.74) is 1.12. The van der Waals surface area contributed by atoms with Gasteiger partial charge in [-0.05, 0) is 24.6 Å². The van der Waals surface area contributed by atoms with E-state index in [1.807, 2.05) is 13.0 Å². The van der Waals surface area contributed by atoms with Crippen LogP contribution in [0.2, 0.25) is 0 Å². The van der Waals surface area contributed by atoms with Crippen LogP contribution in [0.5, 0.6) is 0 Å². The molecular weight excluding hydrogens is 239 g/mol. The number of hydrogen-bond donors (Lipinski definition) is 0. The molecule has 1 unspecified atom stereocenters. The number of carbonyl (C=O) groups excluding carboxylic acids is 1. The topological polar surface area (TPSA) is 26.3 Å². The Labute approximate surface area is 83.7 Å². The molecule has 1 aromatic carbocycles. The van der Waals surface area contributed by atoms with Crippen LogP contribution in [0.1, 0.15) is 27.7 Å². The van der Waals surface area contributed by atoms with Crippen molar-refractivity contribution in [3.63, 3.8) is 0 Å². The third-order valence-corrected chi connectivity index (χ3v) is 2.18. The molecule has 70 valence electrons. The van der Waals surface area contributed by atoms with E-state index in [-0.39, 0.29) is 10.4 Å². The predicted octanol–water partition coefficient (Wildman–Crippen LogP) is 3.18. The molecule has 2 nitrogen and oxygen atoms in total. The standard InChI is InChI=1S/C9H8BrFO2/c1-6(10)7-3-2-4-8(5-7)9(12)13-11/h2-6H,1H3. The molecule has 0 heterocycles. The van der Waals surface area contributed by atoms with Gasteiger partial charge in [0.1, 0.15) is 0 Å². The summed E-state index contributed by atoms with van der Waals surface area (Å²) >= 11 is 3.34. The van der Waals surface area contributed by atoms with E-state index in [4.69, 9.17) is 0 Å². The highest BCUT2D eigenvalue weighted by molar-refractivity contribution is 9.09. The molecule has 0 fully saturated rings. The van der Waals surface area contributed by atoms with Crippen molar-refractivity contribution in [1.29, 1.82) is 0 Å². The van der Waals surface area contributed by atoms with Gasteiger partial charge in [0.15, 0.2) is 0 Å². The first-order valence-electron chi connectivity index (χ1n) is 3.72. The van der Waals surface area contributed by atoms with Gasteiger partial charge in [-0.25, -0.2) is 9.74 Å². The van der Waals surface area contributed by atoms with Crippen molar-refractivity contribution < 1.29 is 14.3 Å². The number of rotatable bonds is 2. The molecule has 0 spiro atoms. The fourth-order valence-corrected chi connectivity index (χ4v) is 1.24. The van der Waals surface area contributed by atoms with Crippen molar-refractivity contribution in [3.05, 3.63) is 35.4 Å². The summed E-state index contributed by atoms with van der Waals surface area (Å²) < 4.78 is 11.5. The molecule has 13 heavy (non-hydrogen) atoms. The van der Waals surface area contributed by atoms with Crippen LogP contribution in [0.15, 0.2) is 24.3 Å².